The molecule has 5 nitrogen and oxygen atoms in total. The van der Waals surface area contributed by atoms with Crippen molar-refractivity contribution in [3.05, 3.63) is 17.8 Å². The fourth-order valence-corrected chi connectivity index (χ4v) is 1.12. The molecule has 78 valence electrons. The van der Waals surface area contributed by atoms with Gasteiger partial charge < -0.3 is 15.5 Å². The average molecular weight is 197 g/mol. The van der Waals surface area contributed by atoms with E-state index >= 15 is 0 Å². The highest BCUT2D eigenvalue weighted by atomic mass is 16.3. The van der Waals surface area contributed by atoms with Crippen molar-refractivity contribution in [1.82, 2.24) is 10.3 Å². The van der Waals surface area contributed by atoms with Gasteiger partial charge in [-0.05, 0) is 6.42 Å². The van der Waals surface area contributed by atoms with Crippen LogP contribution in [0.15, 0.2) is 10.7 Å². The SMILES string of the molecule is CCCC(N)c1nc(C(=O)NC)co1. The summed E-state index contributed by atoms with van der Waals surface area (Å²) in [6.07, 6.45) is 3.08. The standard InChI is InChI=1S/C9H15N3O2/c1-3-4-6(10)9-12-7(5-14-9)8(13)11-2/h5-6H,3-4,10H2,1-2H3,(H,11,13). The molecule has 1 aromatic heterocycles. The molecule has 0 saturated carbocycles. The second-order valence-corrected chi connectivity index (χ2v) is 3.05. The first kappa shape index (κ1) is 10.7. The summed E-state index contributed by atoms with van der Waals surface area (Å²) in [6, 6.07) is -0.224. The fourth-order valence-electron chi connectivity index (χ4n) is 1.12. The minimum atomic E-state index is -0.260. The van der Waals surface area contributed by atoms with Gasteiger partial charge in [0.1, 0.15) is 6.26 Å². The van der Waals surface area contributed by atoms with Crippen LogP contribution in [0.3, 0.4) is 0 Å². The number of aromatic nitrogens is 1. The molecular weight excluding hydrogens is 182 g/mol. The van der Waals surface area contributed by atoms with Crippen LogP contribution in [-0.4, -0.2) is 17.9 Å². The van der Waals surface area contributed by atoms with E-state index in [1.807, 2.05) is 6.92 Å². The predicted molar refractivity (Wildman–Crippen MR) is 51.7 cm³/mol. The van der Waals surface area contributed by atoms with E-state index in [-0.39, 0.29) is 17.6 Å². The third-order valence-corrected chi connectivity index (χ3v) is 1.90. The van der Waals surface area contributed by atoms with Gasteiger partial charge in [-0.1, -0.05) is 13.3 Å². The summed E-state index contributed by atoms with van der Waals surface area (Å²) in [6.45, 7) is 2.03. The largest absolute Gasteiger partial charge is 0.446 e. The molecule has 1 atom stereocenters. The van der Waals surface area contributed by atoms with Crippen molar-refractivity contribution < 1.29 is 9.21 Å². The summed E-state index contributed by atoms with van der Waals surface area (Å²) in [4.78, 5) is 15.1. The van der Waals surface area contributed by atoms with Gasteiger partial charge in [-0.25, -0.2) is 4.98 Å². The number of nitrogens with zero attached hydrogens (tertiary/aromatic N) is 1. The van der Waals surface area contributed by atoms with E-state index in [9.17, 15) is 4.79 Å². The maximum Gasteiger partial charge on any atom is 0.272 e. The molecule has 0 aromatic carbocycles. The summed E-state index contributed by atoms with van der Waals surface area (Å²) in [7, 11) is 1.54. The molecule has 1 aromatic rings. The Kier molecular flexibility index (Phi) is 3.64. The number of hydrogen-bond donors (Lipinski definition) is 2. The zero-order valence-corrected chi connectivity index (χ0v) is 8.41. The zero-order chi connectivity index (χ0) is 10.6. The van der Waals surface area contributed by atoms with Crippen molar-refractivity contribution in [1.29, 1.82) is 0 Å². The Balaban J connectivity index is 2.72. The van der Waals surface area contributed by atoms with E-state index < -0.39 is 0 Å². The van der Waals surface area contributed by atoms with Crippen molar-refractivity contribution in [2.75, 3.05) is 7.05 Å². The number of carbonyl (C=O) groups is 1. The third kappa shape index (κ3) is 2.32. The Labute approximate surface area is 82.7 Å². The summed E-state index contributed by atoms with van der Waals surface area (Å²) < 4.78 is 5.11. The molecule has 0 aliphatic carbocycles. The number of amides is 1. The Morgan fingerprint density at radius 1 is 1.79 bits per heavy atom. The van der Waals surface area contributed by atoms with Gasteiger partial charge in [0.2, 0.25) is 5.89 Å². The van der Waals surface area contributed by atoms with E-state index in [1.165, 1.54) is 6.26 Å². The van der Waals surface area contributed by atoms with Crippen LogP contribution in [0.5, 0.6) is 0 Å². The lowest BCUT2D eigenvalue weighted by atomic mass is 10.2. The number of nitrogens with two attached hydrogens (primary N) is 1. The van der Waals surface area contributed by atoms with Crippen LogP contribution in [0.25, 0.3) is 0 Å². The molecule has 1 amide bonds. The van der Waals surface area contributed by atoms with Gasteiger partial charge in [-0.2, -0.15) is 0 Å². The average Bonchev–Trinajstić information content (AvgIpc) is 2.66. The van der Waals surface area contributed by atoms with Crippen molar-refractivity contribution in [2.24, 2.45) is 5.73 Å². The summed E-state index contributed by atoms with van der Waals surface area (Å²) in [5.74, 6) is 0.161. The highest BCUT2D eigenvalue weighted by Crippen LogP contribution is 2.14. The summed E-state index contributed by atoms with van der Waals surface area (Å²) in [5.41, 5.74) is 6.04. The minimum Gasteiger partial charge on any atom is -0.446 e. The van der Waals surface area contributed by atoms with Crippen molar-refractivity contribution in [3.63, 3.8) is 0 Å². The normalized spacial score (nSPS) is 12.5. The van der Waals surface area contributed by atoms with Gasteiger partial charge in [0.25, 0.3) is 5.91 Å². The Hall–Kier alpha value is -1.36. The van der Waals surface area contributed by atoms with Crippen molar-refractivity contribution in [3.8, 4) is 0 Å². The second-order valence-electron chi connectivity index (χ2n) is 3.05. The highest BCUT2D eigenvalue weighted by molar-refractivity contribution is 5.91. The van der Waals surface area contributed by atoms with Crippen LogP contribution in [0.1, 0.15) is 42.2 Å². The molecule has 1 unspecified atom stereocenters. The number of carbonyl (C=O) groups excluding carboxylic acids is 1. The number of rotatable bonds is 4. The van der Waals surface area contributed by atoms with Gasteiger partial charge in [0.15, 0.2) is 5.69 Å². The minimum absolute atomic E-state index is 0.224. The summed E-state index contributed by atoms with van der Waals surface area (Å²) in [5, 5.41) is 2.46. The van der Waals surface area contributed by atoms with Crippen LogP contribution in [-0.2, 0) is 0 Å². The Bertz CT molecular complexity index is 309. The lowest BCUT2D eigenvalue weighted by molar-refractivity contribution is 0.0958. The molecule has 14 heavy (non-hydrogen) atoms. The van der Waals surface area contributed by atoms with Crippen LogP contribution in [0, 0.1) is 0 Å². The van der Waals surface area contributed by atoms with Gasteiger partial charge in [-0.3, -0.25) is 4.79 Å². The molecule has 0 fully saturated rings. The number of oxazole rings is 1. The molecule has 0 aliphatic rings. The highest BCUT2D eigenvalue weighted by Gasteiger charge is 2.15. The van der Waals surface area contributed by atoms with Crippen LogP contribution in [0.2, 0.25) is 0 Å². The molecule has 0 saturated heterocycles. The summed E-state index contributed by atoms with van der Waals surface area (Å²) >= 11 is 0. The molecule has 0 bridgehead atoms. The molecule has 0 spiro atoms. The van der Waals surface area contributed by atoms with Crippen LogP contribution >= 0.6 is 0 Å². The molecule has 5 heteroatoms. The maximum atomic E-state index is 11.1. The van der Waals surface area contributed by atoms with Crippen molar-refractivity contribution >= 4 is 5.91 Å². The predicted octanol–water partition coefficient (Wildman–Crippen LogP) is 0.834. The van der Waals surface area contributed by atoms with Crippen LogP contribution < -0.4 is 11.1 Å². The van der Waals surface area contributed by atoms with Gasteiger partial charge in [-0.15, -0.1) is 0 Å². The third-order valence-electron chi connectivity index (χ3n) is 1.90. The molecular formula is C9H15N3O2. The zero-order valence-electron chi connectivity index (χ0n) is 8.41. The van der Waals surface area contributed by atoms with E-state index in [0.717, 1.165) is 12.8 Å². The topological polar surface area (TPSA) is 81.1 Å². The lowest BCUT2D eigenvalue weighted by Crippen LogP contribution is -2.18. The van der Waals surface area contributed by atoms with E-state index in [1.54, 1.807) is 7.05 Å². The van der Waals surface area contributed by atoms with Crippen molar-refractivity contribution in [2.45, 2.75) is 25.8 Å². The first-order chi connectivity index (χ1) is 6.69. The van der Waals surface area contributed by atoms with E-state index in [0.29, 0.717) is 5.89 Å². The molecule has 0 radical (unpaired) electrons. The molecule has 3 N–H and O–H groups in total. The second kappa shape index (κ2) is 4.76. The molecule has 0 aliphatic heterocycles. The first-order valence-electron chi connectivity index (χ1n) is 4.62. The smallest absolute Gasteiger partial charge is 0.272 e. The maximum absolute atomic E-state index is 11.1. The quantitative estimate of drug-likeness (QED) is 0.749. The number of nitrogens with one attached hydrogen (secondary N) is 1. The number of hydrogen-bond acceptors (Lipinski definition) is 4. The lowest BCUT2D eigenvalue weighted by Gasteiger charge is -2.03. The van der Waals surface area contributed by atoms with E-state index in [4.69, 9.17) is 10.2 Å². The van der Waals surface area contributed by atoms with Gasteiger partial charge >= 0.3 is 0 Å². The Morgan fingerprint density at radius 2 is 2.50 bits per heavy atom. The van der Waals surface area contributed by atoms with Gasteiger partial charge in [0, 0.05) is 7.05 Å². The molecule has 1 rings (SSSR count). The molecule has 1 heterocycles. The van der Waals surface area contributed by atoms with E-state index in [2.05, 4.69) is 10.3 Å². The monoisotopic (exact) mass is 197 g/mol. The fraction of sp³-hybridized carbons (Fsp3) is 0.556. The first-order valence-corrected chi connectivity index (χ1v) is 4.62. The van der Waals surface area contributed by atoms with Gasteiger partial charge in [0.05, 0.1) is 6.04 Å². The van der Waals surface area contributed by atoms with Crippen LogP contribution in [0.4, 0.5) is 0 Å². The Morgan fingerprint density at radius 3 is 3.07 bits per heavy atom.